The monoisotopic (exact) mass is 334 g/mol. The van der Waals surface area contributed by atoms with Crippen molar-refractivity contribution in [1.82, 2.24) is 5.32 Å². The van der Waals surface area contributed by atoms with Crippen molar-refractivity contribution in [2.24, 2.45) is 5.92 Å². The van der Waals surface area contributed by atoms with E-state index >= 15 is 0 Å². The average molecular weight is 335 g/mol. The lowest BCUT2D eigenvalue weighted by atomic mass is 9.96. The van der Waals surface area contributed by atoms with Crippen LogP contribution in [0.4, 0.5) is 10.1 Å². The Balaban J connectivity index is 1.98. The fourth-order valence-corrected chi connectivity index (χ4v) is 2.56. The van der Waals surface area contributed by atoms with E-state index in [4.69, 9.17) is 11.6 Å². The summed E-state index contributed by atoms with van der Waals surface area (Å²) in [6.07, 6.45) is 0. The summed E-state index contributed by atoms with van der Waals surface area (Å²) in [4.78, 5) is 12.1. The Kier molecular flexibility index (Phi) is 6.13. The molecule has 0 radical (unpaired) electrons. The quantitative estimate of drug-likeness (QED) is 0.821. The SMILES string of the molecule is CC(C)[C@H](NCC(=O)Nc1cc(Cl)ccc1F)c1ccccc1. The number of halogens is 2. The van der Waals surface area contributed by atoms with Crippen molar-refractivity contribution >= 4 is 23.2 Å². The fourth-order valence-electron chi connectivity index (χ4n) is 2.39. The minimum atomic E-state index is -0.508. The topological polar surface area (TPSA) is 41.1 Å². The van der Waals surface area contributed by atoms with Crippen molar-refractivity contribution in [3.8, 4) is 0 Å². The predicted molar refractivity (Wildman–Crippen MR) is 92.1 cm³/mol. The van der Waals surface area contributed by atoms with Crippen LogP contribution in [-0.2, 0) is 4.79 Å². The molecule has 0 aliphatic carbocycles. The first-order valence-corrected chi connectivity index (χ1v) is 7.88. The van der Waals surface area contributed by atoms with Gasteiger partial charge in [-0.3, -0.25) is 4.79 Å². The second-order valence-electron chi connectivity index (χ2n) is 5.69. The molecule has 0 saturated carbocycles. The molecule has 0 aliphatic rings. The Bertz CT molecular complexity index is 661. The summed E-state index contributed by atoms with van der Waals surface area (Å²) < 4.78 is 13.6. The lowest BCUT2D eigenvalue weighted by molar-refractivity contribution is -0.115. The van der Waals surface area contributed by atoms with Gasteiger partial charge in [-0.05, 0) is 29.7 Å². The lowest BCUT2D eigenvalue weighted by Gasteiger charge is -2.22. The highest BCUT2D eigenvalue weighted by atomic mass is 35.5. The van der Waals surface area contributed by atoms with Crippen LogP contribution in [0.3, 0.4) is 0 Å². The summed E-state index contributed by atoms with van der Waals surface area (Å²) in [5.41, 5.74) is 1.20. The van der Waals surface area contributed by atoms with Gasteiger partial charge in [0.1, 0.15) is 5.82 Å². The van der Waals surface area contributed by atoms with E-state index in [1.54, 1.807) is 0 Å². The minimum absolute atomic E-state index is 0.0474. The van der Waals surface area contributed by atoms with E-state index in [9.17, 15) is 9.18 Å². The zero-order valence-corrected chi connectivity index (χ0v) is 13.9. The first-order chi connectivity index (χ1) is 11.0. The number of hydrogen-bond donors (Lipinski definition) is 2. The standard InChI is InChI=1S/C18H20ClFN2O/c1-12(2)18(13-6-4-3-5-7-13)21-11-17(23)22-16-10-14(19)8-9-15(16)20/h3-10,12,18,21H,11H2,1-2H3,(H,22,23)/t18-/m0/s1. The Morgan fingerprint density at radius 3 is 2.52 bits per heavy atom. The van der Waals surface area contributed by atoms with Gasteiger partial charge in [0.15, 0.2) is 0 Å². The maximum absolute atomic E-state index is 13.6. The van der Waals surface area contributed by atoms with Crippen LogP contribution in [0.25, 0.3) is 0 Å². The van der Waals surface area contributed by atoms with E-state index < -0.39 is 5.82 Å². The maximum Gasteiger partial charge on any atom is 0.238 e. The van der Waals surface area contributed by atoms with Gasteiger partial charge in [0, 0.05) is 11.1 Å². The molecular weight excluding hydrogens is 315 g/mol. The lowest BCUT2D eigenvalue weighted by Crippen LogP contribution is -2.33. The molecule has 2 aromatic rings. The van der Waals surface area contributed by atoms with E-state index in [2.05, 4.69) is 24.5 Å². The molecule has 1 amide bonds. The number of nitrogens with one attached hydrogen (secondary N) is 2. The van der Waals surface area contributed by atoms with Gasteiger partial charge in [0.05, 0.1) is 12.2 Å². The zero-order valence-electron chi connectivity index (χ0n) is 13.1. The number of rotatable bonds is 6. The Morgan fingerprint density at radius 1 is 1.17 bits per heavy atom. The second-order valence-corrected chi connectivity index (χ2v) is 6.12. The highest BCUT2D eigenvalue weighted by Crippen LogP contribution is 2.22. The summed E-state index contributed by atoms with van der Waals surface area (Å²) in [5, 5.41) is 6.13. The zero-order chi connectivity index (χ0) is 16.8. The summed E-state index contributed by atoms with van der Waals surface area (Å²) in [7, 11) is 0. The molecule has 23 heavy (non-hydrogen) atoms. The molecule has 3 nitrogen and oxygen atoms in total. The van der Waals surface area contributed by atoms with Gasteiger partial charge in [-0.2, -0.15) is 0 Å². The average Bonchev–Trinajstić information content (AvgIpc) is 2.52. The van der Waals surface area contributed by atoms with Crippen LogP contribution >= 0.6 is 11.6 Å². The van der Waals surface area contributed by atoms with Crippen LogP contribution < -0.4 is 10.6 Å². The molecule has 2 aromatic carbocycles. The van der Waals surface area contributed by atoms with Crippen molar-refractivity contribution < 1.29 is 9.18 Å². The molecule has 5 heteroatoms. The van der Waals surface area contributed by atoms with E-state index in [0.29, 0.717) is 10.9 Å². The van der Waals surface area contributed by atoms with Crippen molar-refractivity contribution in [2.75, 3.05) is 11.9 Å². The fraction of sp³-hybridized carbons (Fsp3) is 0.278. The Labute approximate surface area is 140 Å². The van der Waals surface area contributed by atoms with E-state index in [0.717, 1.165) is 5.56 Å². The van der Waals surface area contributed by atoms with Crippen molar-refractivity contribution in [2.45, 2.75) is 19.9 Å². The number of benzene rings is 2. The summed E-state index contributed by atoms with van der Waals surface area (Å²) in [5.74, 6) is -0.507. The molecule has 0 heterocycles. The van der Waals surface area contributed by atoms with Gasteiger partial charge in [-0.25, -0.2) is 4.39 Å². The third kappa shape index (κ3) is 5.05. The molecular formula is C18H20ClFN2O. The van der Waals surface area contributed by atoms with Crippen LogP contribution in [-0.4, -0.2) is 12.5 Å². The molecule has 0 aliphatic heterocycles. The summed E-state index contributed by atoms with van der Waals surface area (Å²) >= 11 is 5.82. The van der Waals surface area contributed by atoms with Crippen LogP contribution in [0.5, 0.6) is 0 Å². The highest BCUT2D eigenvalue weighted by molar-refractivity contribution is 6.30. The first kappa shape index (κ1) is 17.4. The summed E-state index contributed by atoms with van der Waals surface area (Å²) in [6, 6.07) is 14.0. The number of amides is 1. The first-order valence-electron chi connectivity index (χ1n) is 7.50. The Hall–Kier alpha value is -1.91. The number of anilines is 1. The maximum atomic E-state index is 13.6. The van der Waals surface area contributed by atoms with Gasteiger partial charge in [-0.15, -0.1) is 0 Å². The molecule has 1 atom stereocenters. The normalized spacial score (nSPS) is 12.2. The molecule has 2 rings (SSSR count). The van der Waals surface area contributed by atoms with Crippen molar-refractivity contribution in [3.63, 3.8) is 0 Å². The van der Waals surface area contributed by atoms with Crippen molar-refractivity contribution in [1.29, 1.82) is 0 Å². The third-order valence-corrected chi connectivity index (χ3v) is 3.75. The third-order valence-electron chi connectivity index (χ3n) is 3.51. The van der Waals surface area contributed by atoms with Crippen LogP contribution in [0, 0.1) is 11.7 Å². The molecule has 0 spiro atoms. The molecule has 0 unspecified atom stereocenters. The molecule has 0 saturated heterocycles. The van der Waals surface area contributed by atoms with Gasteiger partial charge >= 0.3 is 0 Å². The van der Waals surface area contributed by atoms with E-state index in [1.165, 1.54) is 18.2 Å². The van der Waals surface area contributed by atoms with E-state index in [-0.39, 0.29) is 24.2 Å². The van der Waals surface area contributed by atoms with Gasteiger partial charge < -0.3 is 10.6 Å². The number of hydrogen-bond acceptors (Lipinski definition) is 2. The number of carbonyl (C=O) groups excluding carboxylic acids is 1. The van der Waals surface area contributed by atoms with Crippen LogP contribution in [0.2, 0.25) is 5.02 Å². The van der Waals surface area contributed by atoms with Gasteiger partial charge in [0.25, 0.3) is 0 Å². The largest absolute Gasteiger partial charge is 0.322 e. The molecule has 0 aromatic heterocycles. The predicted octanol–water partition coefficient (Wildman–Crippen LogP) is 4.40. The Morgan fingerprint density at radius 2 is 1.87 bits per heavy atom. The molecule has 0 bridgehead atoms. The summed E-state index contributed by atoms with van der Waals surface area (Å²) in [6.45, 7) is 4.25. The van der Waals surface area contributed by atoms with Gasteiger partial charge in [0.2, 0.25) is 5.91 Å². The molecule has 2 N–H and O–H groups in total. The molecule has 122 valence electrons. The van der Waals surface area contributed by atoms with E-state index in [1.807, 2.05) is 30.3 Å². The highest BCUT2D eigenvalue weighted by Gasteiger charge is 2.16. The van der Waals surface area contributed by atoms with Crippen molar-refractivity contribution in [3.05, 3.63) is 64.9 Å². The smallest absolute Gasteiger partial charge is 0.238 e. The molecule has 0 fully saturated rings. The van der Waals surface area contributed by atoms with Crippen LogP contribution in [0.15, 0.2) is 48.5 Å². The minimum Gasteiger partial charge on any atom is -0.322 e. The number of carbonyl (C=O) groups is 1. The van der Waals surface area contributed by atoms with Gasteiger partial charge in [-0.1, -0.05) is 55.8 Å². The second kappa shape index (κ2) is 8.09. The van der Waals surface area contributed by atoms with Crippen LogP contribution in [0.1, 0.15) is 25.5 Å².